The average molecular weight is 321 g/mol. The van der Waals surface area contributed by atoms with E-state index in [2.05, 4.69) is 26.1 Å². The van der Waals surface area contributed by atoms with Gasteiger partial charge in [-0.1, -0.05) is 0 Å². The lowest BCUT2D eigenvalue weighted by Crippen LogP contribution is -2.34. The van der Waals surface area contributed by atoms with Crippen LogP contribution in [0, 0.1) is 0 Å². The van der Waals surface area contributed by atoms with Crippen molar-refractivity contribution in [2.24, 2.45) is 0 Å². The summed E-state index contributed by atoms with van der Waals surface area (Å²) in [7, 11) is 3.69. The summed E-state index contributed by atoms with van der Waals surface area (Å²) in [6.45, 7) is 3.04. The van der Waals surface area contributed by atoms with Crippen LogP contribution in [0.1, 0.15) is 9.67 Å². The van der Waals surface area contributed by atoms with Crippen LogP contribution in [0.2, 0.25) is 0 Å². The largest absolute Gasteiger partial charge is 0.383 e. The Labute approximate surface area is 114 Å². The van der Waals surface area contributed by atoms with Gasteiger partial charge in [0.15, 0.2) is 0 Å². The molecule has 1 aromatic heterocycles. The zero-order valence-corrected chi connectivity index (χ0v) is 12.4. The average Bonchev–Trinajstić information content (AvgIpc) is 2.72. The lowest BCUT2D eigenvalue weighted by Gasteiger charge is -2.15. The van der Waals surface area contributed by atoms with Crippen LogP contribution in [-0.2, 0) is 4.74 Å². The fourth-order valence-corrected chi connectivity index (χ4v) is 2.72. The van der Waals surface area contributed by atoms with Crippen LogP contribution in [0.3, 0.4) is 0 Å². The Balaban J connectivity index is 2.23. The van der Waals surface area contributed by atoms with Gasteiger partial charge in [-0.3, -0.25) is 4.79 Å². The standard InChI is InChI=1S/C11H17BrN2O2S/c1-14(6-7-16-2)5-4-13-11(15)10-9(12)3-8-17-10/h3,8H,4-7H2,1-2H3,(H,13,15). The van der Waals surface area contributed by atoms with E-state index in [0.717, 1.165) is 22.4 Å². The molecule has 1 amide bonds. The zero-order chi connectivity index (χ0) is 12.7. The second kappa shape index (κ2) is 7.81. The van der Waals surface area contributed by atoms with Crippen molar-refractivity contribution in [3.05, 3.63) is 20.8 Å². The molecular weight excluding hydrogens is 304 g/mol. The molecule has 0 saturated heterocycles. The van der Waals surface area contributed by atoms with Crippen molar-refractivity contribution >= 4 is 33.2 Å². The topological polar surface area (TPSA) is 41.6 Å². The Morgan fingerprint density at radius 1 is 1.59 bits per heavy atom. The van der Waals surface area contributed by atoms with Crippen LogP contribution in [-0.4, -0.2) is 51.2 Å². The van der Waals surface area contributed by atoms with Crippen LogP contribution >= 0.6 is 27.3 Å². The summed E-state index contributed by atoms with van der Waals surface area (Å²) in [5.74, 6) is -0.0213. The molecule has 0 spiro atoms. The molecule has 1 aromatic rings. The van der Waals surface area contributed by atoms with Gasteiger partial charge in [0.1, 0.15) is 4.88 Å². The number of ether oxygens (including phenoxy) is 1. The first kappa shape index (κ1) is 14.6. The van der Waals surface area contributed by atoms with E-state index in [1.165, 1.54) is 11.3 Å². The molecule has 0 unspecified atom stereocenters. The Morgan fingerprint density at radius 2 is 2.35 bits per heavy atom. The van der Waals surface area contributed by atoms with Crippen molar-refractivity contribution in [1.29, 1.82) is 0 Å². The van der Waals surface area contributed by atoms with Gasteiger partial charge in [-0.05, 0) is 34.4 Å². The molecule has 0 saturated carbocycles. The fraction of sp³-hybridized carbons (Fsp3) is 0.545. The van der Waals surface area contributed by atoms with Gasteiger partial charge in [-0.15, -0.1) is 11.3 Å². The number of amides is 1. The van der Waals surface area contributed by atoms with Gasteiger partial charge in [0.05, 0.1) is 6.61 Å². The number of halogens is 1. The summed E-state index contributed by atoms with van der Waals surface area (Å²) in [5, 5.41) is 4.78. The molecule has 0 aromatic carbocycles. The van der Waals surface area contributed by atoms with Gasteiger partial charge in [-0.2, -0.15) is 0 Å². The highest BCUT2D eigenvalue weighted by molar-refractivity contribution is 9.10. The Bertz CT molecular complexity index is 357. The maximum absolute atomic E-state index is 11.7. The molecule has 0 bridgehead atoms. The number of nitrogens with zero attached hydrogens (tertiary/aromatic N) is 1. The van der Waals surface area contributed by atoms with Crippen LogP contribution in [0.4, 0.5) is 0 Å². The summed E-state index contributed by atoms with van der Waals surface area (Å²) in [4.78, 5) is 14.6. The monoisotopic (exact) mass is 320 g/mol. The van der Waals surface area contributed by atoms with Gasteiger partial charge in [-0.25, -0.2) is 0 Å². The summed E-state index contributed by atoms with van der Waals surface area (Å²) in [6.07, 6.45) is 0. The minimum absolute atomic E-state index is 0.0213. The smallest absolute Gasteiger partial charge is 0.262 e. The number of methoxy groups -OCH3 is 1. The second-order valence-corrected chi connectivity index (χ2v) is 5.42. The number of carbonyl (C=O) groups excluding carboxylic acids is 1. The van der Waals surface area contributed by atoms with Gasteiger partial charge in [0, 0.05) is 31.2 Å². The van der Waals surface area contributed by atoms with E-state index in [9.17, 15) is 4.79 Å². The number of thiophene rings is 1. The van der Waals surface area contributed by atoms with Crippen molar-refractivity contribution in [2.45, 2.75) is 0 Å². The van der Waals surface area contributed by atoms with Gasteiger partial charge < -0.3 is 15.0 Å². The van der Waals surface area contributed by atoms with E-state index in [1.807, 2.05) is 18.5 Å². The summed E-state index contributed by atoms with van der Waals surface area (Å²) in [6, 6.07) is 1.88. The van der Waals surface area contributed by atoms with E-state index >= 15 is 0 Å². The molecule has 0 radical (unpaired) electrons. The van der Waals surface area contributed by atoms with Gasteiger partial charge in [0.25, 0.3) is 5.91 Å². The lowest BCUT2D eigenvalue weighted by molar-refractivity contribution is 0.0951. The number of nitrogens with one attached hydrogen (secondary N) is 1. The van der Waals surface area contributed by atoms with Gasteiger partial charge in [0.2, 0.25) is 0 Å². The van der Waals surface area contributed by atoms with E-state index in [1.54, 1.807) is 7.11 Å². The number of likely N-dealkylation sites (N-methyl/N-ethyl adjacent to an activating group) is 1. The highest BCUT2D eigenvalue weighted by atomic mass is 79.9. The predicted octanol–water partition coefficient (Wildman–Crippen LogP) is 1.82. The van der Waals surface area contributed by atoms with Crippen LogP contribution in [0.15, 0.2) is 15.9 Å². The van der Waals surface area contributed by atoms with E-state index in [4.69, 9.17) is 4.74 Å². The van der Waals surface area contributed by atoms with Crippen LogP contribution in [0.5, 0.6) is 0 Å². The molecule has 1 N–H and O–H groups in total. The number of hydrogen-bond donors (Lipinski definition) is 1. The molecule has 96 valence electrons. The minimum Gasteiger partial charge on any atom is -0.383 e. The third-order valence-electron chi connectivity index (χ3n) is 2.28. The summed E-state index contributed by atoms with van der Waals surface area (Å²) >= 11 is 4.78. The lowest BCUT2D eigenvalue weighted by atomic mass is 10.4. The third-order valence-corrected chi connectivity index (χ3v) is 4.12. The summed E-state index contributed by atoms with van der Waals surface area (Å²) in [5.41, 5.74) is 0. The minimum atomic E-state index is -0.0213. The Hall–Kier alpha value is -0.430. The normalized spacial score (nSPS) is 10.8. The van der Waals surface area contributed by atoms with E-state index in [-0.39, 0.29) is 5.91 Å². The first-order chi connectivity index (χ1) is 8.15. The van der Waals surface area contributed by atoms with Crippen molar-refractivity contribution < 1.29 is 9.53 Å². The molecular formula is C11H17BrN2O2S. The maximum Gasteiger partial charge on any atom is 0.262 e. The maximum atomic E-state index is 11.7. The first-order valence-electron chi connectivity index (χ1n) is 5.34. The van der Waals surface area contributed by atoms with Crippen molar-refractivity contribution in [1.82, 2.24) is 10.2 Å². The third kappa shape index (κ3) is 5.16. The van der Waals surface area contributed by atoms with Crippen LogP contribution in [0.25, 0.3) is 0 Å². The fourth-order valence-electron chi connectivity index (χ4n) is 1.26. The molecule has 0 atom stereocenters. The van der Waals surface area contributed by atoms with E-state index < -0.39 is 0 Å². The number of carbonyl (C=O) groups is 1. The zero-order valence-electron chi connectivity index (χ0n) is 10.0. The highest BCUT2D eigenvalue weighted by Crippen LogP contribution is 2.22. The molecule has 4 nitrogen and oxygen atoms in total. The number of hydrogen-bond acceptors (Lipinski definition) is 4. The molecule has 1 heterocycles. The molecule has 1 rings (SSSR count). The SMILES string of the molecule is COCCN(C)CCNC(=O)c1sccc1Br. The quantitative estimate of drug-likeness (QED) is 0.833. The summed E-state index contributed by atoms with van der Waals surface area (Å²) < 4.78 is 5.84. The van der Waals surface area contributed by atoms with Crippen molar-refractivity contribution in [2.75, 3.05) is 40.4 Å². The van der Waals surface area contributed by atoms with Crippen molar-refractivity contribution in [3.8, 4) is 0 Å². The molecule has 0 aliphatic carbocycles. The molecule has 0 aliphatic rings. The molecule has 0 fully saturated rings. The first-order valence-corrected chi connectivity index (χ1v) is 7.01. The van der Waals surface area contributed by atoms with E-state index in [0.29, 0.717) is 13.2 Å². The van der Waals surface area contributed by atoms with Crippen LogP contribution < -0.4 is 5.32 Å². The number of rotatable bonds is 7. The van der Waals surface area contributed by atoms with Crippen molar-refractivity contribution in [3.63, 3.8) is 0 Å². The predicted molar refractivity (Wildman–Crippen MR) is 73.7 cm³/mol. The second-order valence-electron chi connectivity index (χ2n) is 3.65. The highest BCUT2D eigenvalue weighted by Gasteiger charge is 2.10. The Kier molecular flexibility index (Phi) is 6.72. The molecule has 6 heteroatoms. The molecule has 17 heavy (non-hydrogen) atoms. The Morgan fingerprint density at radius 3 is 2.94 bits per heavy atom. The molecule has 0 aliphatic heterocycles. The van der Waals surface area contributed by atoms with Gasteiger partial charge >= 0.3 is 0 Å².